The Morgan fingerprint density at radius 3 is 2.69 bits per heavy atom. The molecule has 3 N–H and O–H groups in total. The van der Waals surface area contributed by atoms with Crippen molar-refractivity contribution in [3.05, 3.63) is 65.2 Å². The summed E-state index contributed by atoms with van der Waals surface area (Å²) in [7, 11) is 0. The first-order valence-electron chi connectivity index (χ1n) is 8.72. The van der Waals surface area contributed by atoms with Gasteiger partial charge in [0, 0.05) is 17.9 Å². The zero-order valence-corrected chi connectivity index (χ0v) is 14.4. The topological polar surface area (TPSA) is 88.0 Å². The van der Waals surface area contributed by atoms with Gasteiger partial charge in [0.15, 0.2) is 6.29 Å². The van der Waals surface area contributed by atoms with Gasteiger partial charge < -0.3 is 19.7 Å². The largest absolute Gasteiger partial charge is 0.465 e. The van der Waals surface area contributed by atoms with Crippen molar-refractivity contribution in [3.8, 4) is 0 Å². The molecule has 0 radical (unpaired) electrons. The Kier molecular flexibility index (Phi) is 6.22. The second-order valence-electron chi connectivity index (χ2n) is 6.27. The zero-order valence-electron chi connectivity index (χ0n) is 14.4. The maximum absolute atomic E-state index is 11.0. The average Bonchev–Trinajstić information content (AvgIpc) is 2.68. The Balaban J connectivity index is 1.79. The van der Waals surface area contributed by atoms with Crippen LogP contribution in [0, 0.1) is 0 Å². The highest BCUT2D eigenvalue weighted by Gasteiger charge is 2.17. The van der Waals surface area contributed by atoms with Gasteiger partial charge in [-0.3, -0.25) is 5.32 Å². The summed E-state index contributed by atoms with van der Waals surface area (Å²) in [5.74, 6) is 0. The van der Waals surface area contributed by atoms with Crippen molar-refractivity contribution in [1.29, 1.82) is 0 Å². The summed E-state index contributed by atoms with van der Waals surface area (Å²) in [5.41, 5.74) is 2.55. The maximum Gasteiger partial charge on any atom is 0.409 e. The summed E-state index contributed by atoms with van der Waals surface area (Å²) in [5, 5.41) is 22.0. The number of benzene rings is 2. The van der Waals surface area contributed by atoms with Crippen molar-refractivity contribution >= 4 is 11.8 Å². The molecule has 3 rings (SSSR count). The Bertz CT molecular complexity index is 728. The van der Waals surface area contributed by atoms with E-state index in [-0.39, 0.29) is 12.9 Å². The van der Waals surface area contributed by atoms with E-state index >= 15 is 0 Å². The van der Waals surface area contributed by atoms with Crippen LogP contribution in [0.25, 0.3) is 0 Å². The van der Waals surface area contributed by atoms with Crippen molar-refractivity contribution in [1.82, 2.24) is 0 Å². The fourth-order valence-electron chi connectivity index (χ4n) is 2.99. The number of hydrogen-bond donors (Lipinski definition) is 3. The lowest BCUT2D eigenvalue weighted by Crippen LogP contribution is -2.22. The van der Waals surface area contributed by atoms with E-state index in [4.69, 9.17) is 14.6 Å². The molecule has 2 atom stereocenters. The quantitative estimate of drug-likeness (QED) is 0.730. The van der Waals surface area contributed by atoms with Gasteiger partial charge >= 0.3 is 6.09 Å². The molecule has 1 heterocycles. The molecular formula is C20H23NO5. The summed E-state index contributed by atoms with van der Waals surface area (Å²) >= 11 is 0. The third kappa shape index (κ3) is 4.82. The molecule has 1 fully saturated rings. The van der Waals surface area contributed by atoms with E-state index < -0.39 is 12.2 Å². The molecule has 6 nitrogen and oxygen atoms in total. The van der Waals surface area contributed by atoms with Gasteiger partial charge in [-0.05, 0) is 42.5 Å². The Labute approximate surface area is 152 Å². The summed E-state index contributed by atoms with van der Waals surface area (Å²) in [4.78, 5) is 11.0. The van der Waals surface area contributed by atoms with Crippen molar-refractivity contribution in [3.63, 3.8) is 0 Å². The Morgan fingerprint density at radius 2 is 2.00 bits per heavy atom. The minimum atomic E-state index is -1.14. The maximum atomic E-state index is 11.0. The highest BCUT2D eigenvalue weighted by molar-refractivity contribution is 5.84. The van der Waals surface area contributed by atoms with Gasteiger partial charge in [-0.2, -0.15) is 0 Å². The first-order valence-corrected chi connectivity index (χ1v) is 8.72. The second kappa shape index (κ2) is 8.80. The molecule has 2 unspecified atom stereocenters. The predicted octanol–water partition coefficient (Wildman–Crippen LogP) is 3.90. The van der Waals surface area contributed by atoms with Crippen LogP contribution in [-0.4, -0.2) is 29.2 Å². The normalized spacial score (nSPS) is 18.3. The van der Waals surface area contributed by atoms with Crippen LogP contribution in [0.5, 0.6) is 0 Å². The van der Waals surface area contributed by atoms with Crippen LogP contribution in [0.4, 0.5) is 10.5 Å². The molecule has 0 spiro atoms. The summed E-state index contributed by atoms with van der Waals surface area (Å²) in [6.45, 7) is 0.882. The number of anilines is 1. The van der Waals surface area contributed by atoms with Gasteiger partial charge in [0.2, 0.25) is 0 Å². The molecule has 1 aliphatic heterocycles. The second-order valence-corrected chi connectivity index (χ2v) is 6.27. The Morgan fingerprint density at radius 1 is 1.19 bits per heavy atom. The van der Waals surface area contributed by atoms with Gasteiger partial charge in [-0.1, -0.05) is 36.4 Å². The molecule has 0 saturated carbocycles. The zero-order chi connectivity index (χ0) is 18.4. The average molecular weight is 357 g/mol. The van der Waals surface area contributed by atoms with Gasteiger partial charge in [0.25, 0.3) is 0 Å². The number of carboxylic acid groups (broad SMARTS) is 1. The minimum Gasteiger partial charge on any atom is -0.465 e. The lowest BCUT2D eigenvalue weighted by Gasteiger charge is -2.23. The number of nitrogens with one attached hydrogen (secondary N) is 1. The lowest BCUT2D eigenvalue weighted by molar-refractivity contribution is -0.168. The standard InChI is InChI=1S/C20H23NO5/c22-19(14-6-2-1-3-7-14)15-9-10-17(21-20(23)24)16(12-15)13-26-18-8-4-5-11-25-18/h1-3,6-7,9-10,12,18-19,21-22H,4-5,8,11,13H2,(H,23,24). The van der Waals surface area contributed by atoms with E-state index in [1.807, 2.05) is 30.3 Å². The van der Waals surface area contributed by atoms with Crippen molar-refractivity contribution < 1.29 is 24.5 Å². The number of ether oxygens (including phenoxy) is 2. The molecule has 26 heavy (non-hydrogen) atoms. The first kappa shape index (κ1) is 18.4. The van der Waals surface area contributed by atoms with Crippen molar-refractivity contribution in [2.45, 2.75) is 38.3 Å². The third-order valence-corrected chi connectivity index (χ3v) is 4.36. The molecule has 138 valence electrons. The molecule has 0 aliphatic carbocycles. The van der Waals surface area contributed by atoms with Crippen LogP contribution >= 0.6 is 0 Å². The monoisotopic (exact) mass is 357 g/mol. The van der Waals surface area contributed by atoms with Crippen LogP contribution in [0.3, 0.4) is 0 Å². The lowest BCUT2D eigenvalue weighted by atomic mass is 9.99. The van der Waals surface area contributed by atoms with Crippen LogP contribution in [-0.2, 0) is 16.1 Å². The molecule has 1 saturated heterocycles. The van der Waals surface area contributed by atoms with Crippen LogP contribution in [0.15, 0.2) is 48.5 Å². The molecule has 1 amide bonds. The van der Waals surface area contributed by atoms with Gasteiger partial charge in [-0.15, -0.1) is 0 Å². The fourth-order valence-corrected chi connectivity index (χ4v) is 2.99. The summed E-state index contributed by atoms with van der Waals surface area (Å²) in [6, 6.07) is 14.4. The van der Waals surface area contributed by atoms with Crippen molar-refractivity contribution in [2.24, 2.45) is 0 Å². The van der Waals surface area contributed by atoms with E-state index in [0.29, 0.717) is 23.4 Å². The number of carbonyl (C=O) groups is 1. The Hall–Kier alpha value is -2.41. The molecular weight excluding hydrogens is 334 g/mol. The third-order valence-electron chi connectivity index (χ3n) is 4.36. The summed E-state index contributed by atoms with van der Waals surface area (Å²) in [6.07, 6.45) is 0.705. The van der Waals surface area contributed by atoms with Gasteiger partial charge in [-0.25, -0.2) is 4.79 Å². The minimum absolute atomic E-state index is 0.204. The van der Waals surface area contributed by atoms with Crippen LogP contribution < -0.4 is 5.32 Å². The number of aliphatic hydroxyl groups is 1. The number of hydrogen-bond acceptors (Lipinski definition) is 4. The van der Waals surface area contributed by atoms with Crippen LogP contribution in [0.1, 0.15) is 42.1 Å². The van der Waals surface area contributed by atoms with Crippen molar-refractivity contribution in [2.75, 3.05) is 11.9 Å². The molecule has 0 aromatic heterocycles. The molecule has 0 bridgehead atoms. The molecule has 1 aliphatic rings. The van der Waals surface area contributed by atoms with Gasteiger partial charge in [0.05, 0.1) is 6.61 Å². The van der Waals surface area contributed by atoms with Gasteiger partial charge in [0.1, 0.15) is 6.10 Å². The number of amides is 1. The summed E-state index contributed by atoms with van der Waals surface area (Å²) < 4.78 is 11.4. The van der Waals surface area contributed by atoms with E-state index in [0.717, 1.165) is 24.8 Å². The molecule has 6 heteroatoms. The van der Waals surface area contributed by atoms with Crippen LogP contribution in [0.2, 0.25) is 0 Å². The highest BCUT2D eigenvalue weighted by atomic mass is 16.7. The van der Waals surface area contributed by atoms with E-state index in [1.165, 1.54) is 0 Å². The smallest absolute Gasteiger partial charge is 0.409 e. The SMILES string of the molecule is O=C(O)Nc1ccc(C(O)c2ccccc2)cc1COC1CCCCO1. The van der Waals surface area contributed by atoms with E-state index in [1.54, 1.807) is 18.2 Å². The molecule has 2 aromatic rings. The predicted molar refractivity (Wildman–Crippen MR) is 97.0 cm³/mol. The first-order chi connectivity index (χ1) is 12.6. The van der Waals surface area contributed by atoms with E-state index in [2.05, 4.69) is 5.32 Å². The number of rotatable bonds is 6. The fraction of sp³-hybridized carbons (Fsp3) is 0.350. The number of aliphatic hydroxyl groups excluding tert-OH is 1. The molecule has 2 aromatic carbocycles. The highest BCUT2D eigenvalue weighted by Crippen LogP contribution is 2.27. The van der Waals surface area contributed by atoms with E-state index in [9.17, 15) is 9.90 Å².